The molecule has 1 amide bonds. The average molecular weight is 388 g/mol. The molecule has 1 aliphatic heterocycles. The average Bonchev–Trinajstić information content (AvgIpc) is 2.63. The molecule has 0 unspecified atom stereocenters. The molecule has 0 spiro atoms. The van der Waals surface area contributed by atoms with Gasteiger partial charge in [0.2, 0.25) is 5.91 Å². The van der Waals surface area contributed by atoms with E-state index in [4.69, 9.17) is 0 Å². The van der Waals surface area contributed by atoms with E-state index in [0.717, 1.165) is 19.4 Å². The number of hydrogen-bond donors (Lipinski definition) is 3. The molecule has 27 heavy (non-hydrogen) atoms. The van der Waals surface area contributed by atoms with Gasteiger partial charge in [0.1, 0.15) is 0 Å². The van der Waals surface area contributed by atoms with Crippen molar-refractivity contribution < 1.29 is 13.2 Å². The summed E-state index contributed by atoms with van der Waals surface area (Å²) in [5, 5.41) is 6.20. The Morgan fingerprint density at radius 2 is 1.85 bits per heavy atom. The molecule has 1 saturated heterocycles. The Labute approximate surface area is 160 Å². The Hall–Kier alpha value is -2.38. The zero-order valence-electron chi connectivity index (χ0n) is 15.5. The molecule has 1 fully saturated rings. The Morgan fingerprint density at radius 3 is 2.56 bits per heavy atom. The Kier molecular flexibility index (Phi) is 5.82. The number of amides is 1. The van der Waals surface area contributed by atoms with Gasteiger partial charge in [-0.2, -0.15) is 0 Å². The third-order valence-electron chi connectivity index (χ3n) is 4.77. The van der Waals surface area contributed by atoms with Crippen molar-refractivity contribution >= 4 is 27.3 Å². The van der Waals surface area contributed by atoms with E-state index in [0.29, 0.717) is 23.0 Å². The van der Waals surface area contributed by atoms with Crippen LogP contribution in [-0.2, 0) is 14.8 Å². The lowest BCUT2D eigenvalue weighted by Gasteiger charge is -2.27. The molecule has 0 aliphatic carbocycles. The van der Waals surface area contributed by atoms with E-state index in [1.54, 1.807) is 43.3 Å². The van der Waals surface area contributed by atoms with Crippen LogP contribution in [0.25, 0.3) is 0 Å². The standard InChI is InChI=1S/C20H25N3O3S/c1-14-8-9-18(22-20(24)16-10-11-21-15(2)12-16)13-19(14)27(25,26)23-17-6-4-3-5-7-17/h3-9,13,15-16,21,23H,10-12H2,1-2H3,(H,22,24)/t15-,16-/m0/s1. The minimum atomic E-state index is -3.75. The van der Waals surface area contributed by atoms with Crippen molar-refractivity contribution in [3.8, 4) is 0 Å². The van der Waals surface area contributed by atoms with Crippen molar-refractivity contribution in [1.82, 2.24) is 5.32 Å². The number of carbonyl (C=O) groups excluding carboxylic acids is 1. The summed E-state index contributed by atoms with van der Waals surface area (Å²) in [6.45, 7) is 4.61. The van der Waals surface area contributed by atoms with Crippen LogP contribution in [0, 0.1) is 12.8 Å². The van der Waals surface area contributed by atoms with Crippen molar-refractivity contribution in [1.29, 1.82) is 0 Å². The van der Waals surface area contributed by atoms with Crippen molar-refractivity contribution in [3.63, 3.8) is 0 Å². The molecule has 0 aromatic heterocycles. The molecule has 2 aromatic carbocycles. The molecular formula is C20H25N3O3S. The highest BCUT2D eigenvalue weighted by Crippen LogP contribution is 2.24. The highest BCUT2D eigenvalue weighted by molar-refractivity contribution is 7.92. The lowest BCUT2D eigenvalue weighted by atomic mass is 9.92. The molecule has 3 N–H and O–H groups in total. The number of anilines is 2. The first-order valence-corrected chi connectivity index (χ1v) is 10.6. The minimum absolute atomic E-state index is 0.0634. The Balaban J connectivity index is 1.78. The number of carbonyl (C=O) groups is 1. The normalized spacial score (nSPS) is 20.1. The van der Waals surface area contributed by atoms with E-state index in [9.17, 15) is 13.2 Å². The van der Waals surface area contributed by atoms with E-state index >= 15 is 0 Å². The fraction of sp³-hybridized carbons (Fsp3) is 0.350. The molecule has 144 valence electrons. The second kappa shape index (κ2) is 8.10. The van der Waals surface area contributed by atoms with Gasteiger partial charge in [0.15, 0.2) is 0 Å². The molecule has 0 saturated carbocycles. The van der Waals surface area contributed by atoms with Gasteiger partial charge in [-0.25, -0.2) is 8.42 Å². The summed E-state index contributed by atoms with van der Waals surface area (Å²) in [6, 6.07) is 14.0. The highest BCUT2D eigenvalue weighted by atomic mass is 32.2. The molecule has 6 nitrogen and oxygen atoms in total. The number of aryl methyl sites for hydroxylation is 1. The van der Waals surface area contributed by atoms with Crippen molar-refractivity contribution in [2.45, 2.75) is 37.6 Å². The van der Waals surface area contributed by atoms with Gasteiger partial charge in [0.25, 0.3) is 10.0 Å². The number of nitrogens with one attached hydrogen (secondary N) is 3. The molecule has 1 heterocycles. The van der Waals surface area contributed by atoms with Crippen LogP contribution in [0.1, 0.15) is 25.3 Å². The molecule has 1 aliphatic rings. The number of benzene rings is 2. The van der Waals surface area contributed by atoms with Crippen LogP contribution in [0.15, 0.2) is 53.4 Å². The van der Waals surface area contributed by atoms with E-state index in [-0.39, 0.29) is 16.7 Å². The first-order valence-electron chi connectivity index (χ1n) is 9.08. The number of sulfonamides is 1. The lowest BCUT2D eigenvalue weighted by molar-refractivity contribution is -0.120. The third kappa shape index (κ3) is 4.87. The van der Waals surface area contributed by atoms with E-state index in [1.807, 2.05) is 6.07 Å². The number of rotatable bonds is 5. The predicted molar refractivity (Wildman–Crippen MR) is 107 cm³/mol. The van der Waals surface area contributed by atoms with Crippen LogP contribution < -0.4 is 15.4 Å². The summed E-state index contributed by atoms with van der Waals surface area (Å²) in [4.78, 5) is 12.7. The van der Waals surface area contributed by atoms with E-state index in [1.165, 1.54) is 6.07 Å². The van der Waals surface area contributed by atoms with Crippen LogP contribution in [0.3, 0.4) is 0 Å². The fourth-order valence-electron chi connectivity index (χ4n) is 3.30. The van der Waals surface area contributed by atoms with E-state index < -0.39 is 10.0 Å². The summed E-state index contributed by atoms with van der Waals surface area (Å²) in [6.07, 6.45) is 1.56. The van der Waals surface area contributed by atoms with Gasteiger partial charge in [0, 0.05) is 23.3 Å². The second-order valence-corrected chi connectivity index (χ2v) is 8.67. The topological polar surface area (TPSA) is 87.3 Å². The molecule has 0 bridgehead atoms. The monoisotopic (exact) mass is 387 g/mol. The first kappa shape index (κ1) is 19.4. The molecule has 7 heteroatoms. The van der Waals surface area contributed by atoms with Crippen LogP contribution >= 0.6 is 0 Å². The Bertz CT molecular complexity index is 913. The van der Waals surface area contributed by atoms with Crippen LogP contribution in [-0.4, -0.2) is 26.9 Å². The molecule has 0 radical (unpaired) electrons. The van der Waals surface area contributed by atoms with Crippen molar-refractivity contribution in [3.05, 3.63) is 54.1 Å². The van der Waals surface area contributed by atoms with Gasteiger partial charge in [-0.15, -0.1) is 0 Å². The Morgan fingerprint density at radius 1 is 1.11 bits per heavy atom. The molecule has 3 rings (SSSR count). The number of para-hydroxylation sites is 1. The van der Waals surface area contributed by atoms with E-state index in [2.05, 4.69) is 22.3 Å². The predicted octanol–water partition coefficient (Wildman–Crippen LogP) is 3.12. The van der Waals surface area contributed by atoms with Crippen molar-refractivity contribution in [2.75, 3.05) is 16.6 Å². The summed E-state index contributed by atoms with van der Waals surface area (Å²) in [5.41, 5.74) is 1.60. The molecule has 2 aromatic rings. The smallest absolute Gasteiger partial charge is 0.262 e. The SMILES string of the molecule is Cc1ccc(NC(=O)[C@H]2CCN[C@@H](C)C2)cc1S(=O)(=O)Nc1ccccc1. The minimum Gasteiger partial charge on any atom is -0.326 e. The van der Waals surface area contributed by atoms with Gasteiger partial charge in [-0.3, -0.25) is 9.52 Å². The first-order chi connectivity index (χ1) is 12.8. The van der Waals surface area contributed by atoms with Gasteiger partial charge in [-0.1, -0.05) is 24.3 Å². The molecule has 2 atom stereocenters. The van der Waals surface area contributed by atoms with Crippen LogP contribution in [0.4, 0.5) is 11.4 Å². The highest BCUT2D eigenvalue weighted by Gasteiger charge is 2.25. The summed E-state index contributed by atoms with van der Waals surface area (Å²) in [7, 11) is -3.75. The van der Waals surface area contributed by atoms with Gasteiger partial charge < -0.3 is 10.6 Å². The summed E-state index contributed by atoms with van der Waals surface area (Å²) < 4.78 is 28.1. The number of hydrogen-bond acceptors (Lipinski definition) is 4. The maximum atomic E-state index is 12.8. The maximum absolute atomic E-state index is 12.8. The van der Waals surface area contributed by atoms with Crippen LogP contribution in [0.5, 0.6) is 0 Å². The summed E-state index contributed by atoms with van der Waals surface area (Å²) in [5.74, 6) is -0.128. The van der Waals surface area contributed by atoms with Gasteiger partial charge in [0.05, 0.1) is 4.90 Å². The van der Waals surface area contributed by atoms with Crippen molar-refractivity contribution in [2.24, 2.45) is 5.92 Å². The molecular weight excluding hydrogens is 362 g/mol. The third-order valence-corrected chi connectivity index (χ3v) is 6.29. The van der Waals surface area contributed by atoms with Crippen LogP contribution in [0.2, 0.25) is 0 Å². The largest absolute Gasteiger partial charge is 0.326 e. The number of piperidine rings is 1. The van der Waals surface area contributed by atoms with Gasteiger partial charge in [-0.05, 0) is 63.1 Å². The zero-order valence-corrected chi connectivity index (χ0v) is 16.3. The fourth-order valence-corrected chi connectivity index (χ4v) is 4.63. The second-order valence-electron chi connectivity index (χ2n) is 7.02. The summed E-state index contributed by atoms with van der Waals surface area (Å²) >= 11 is 0. The lowest BCUT2D eigenvalue weighted by Crippen LogP contribution is -2.40. The maximum Gasteiger partial charge on any atom is 0.262 e. The quantitative estimate of drug-likeness (QED) is 0.736. The zero-order chi connectivity index (χ0) is 19.4. The van der Waals surface area contributed by atoms with Gasteiger partial charge >= 0.3 is 0 Å².